The van der Waals surface area contributed by atoms with E-state index >= 15 is 0 Å². The van der Waals surface area contributed by atoms with Gasteiger partial charge in [-0.05, 0) is 42.5 Å². The van der Waals surface area contributed by atoms with E-state index in [0.29, 0.717) is 16.3 Å². The SMILES string of the molecule is O=C(N[C@@H](NC(=S)Nc1cccc(Cl)c1)C(Cl)(Cl)Cl)c1ccccc1. The quantitative estimate of drug-likeness (QED) is 0.367. The average molecular weight is 437 g/mol. The molecule has 2 aromatic rings. The number of halogens is 4. The molecule has 1 atom stereocenters. The number of carbonyl (C=O) groups excluding carboxylic acids is 1. The first-order valence-corrected chi connectivity index (χ1v) is 8.93. The van der Waals surface area contributed by atoms with Crippen LogP contribution in [-0.2, 0) is 0 Å². The fraction of sp³-hybridized carbons (Fsp3) is 0.125. The summed E-state index contributed by atoms with van der Waals surface area (Å²) in [6.45, 7) is 0. The van der Waals surface area contributed by atoms with E-state index in [4.69, 9.17) is 58.6 Å². The van der Waals surface area contributed by atoms with Crippen LogP contribution >= 0.6 is 58.6 Å². The number of hydrogen-bond donors (Lipinski definition) is 3. The second kappa shape index (κ2) is 8.92. The van der Waals surface area contributed by atoms with Gasteiger partial charge in [0.1, 0.15) is 6.17 Å². The predicted molar refractivity (Wildman–Crippen MR) is 109 cm³/mol. The monoisotopic (exact) mass is 435 g/mol. The summed E-state index contributed by atoms with van der Waals surface area (Å²) < 4.78 is -1.83. The van der Waals surface area contributed by atoms with Crippen molar-refractivity contribution in [3.8, 4) is 0 Å². The summed E-state index contributed by atoms with van der Waals surface area (Å²) in [5, 5.41) is 8.99. The van der Waals surface area contributed by atoms with Crippen LogP contribution in [0.1, 0.15) is 10.4 Å². The molecule has 0 aliphatic heterocycles. The van der Waals surface area contributed by atoms with Gasteiger partial charge in [-0.1, -0.05) is 70.7 Å². The zero-order chi connectivity index (χ0) is 18.4. The van der Waals surface area contributed by atoms with Crippen molar-refractivity contribution >= 4 is 75.3 Å². The van der Waals surface area contributed by atoms with E-state index in [-0.39, 0.29) is 5.11 Å². The number of amides is 1. The maximum Gasteiger partial charge on any atom is 0.252 e. The summed E-state index contributed by atoms with van der Waals surface area (Å²) in [6.07, 6.45) is -1.05. The molecule has 0 aromatic heterocycles. The molecule has 25 heavy (non-hydrogen) atoms. The van der Waals surface area contributed by atoms with Crippen molar-refractivity contribution in [3.05, 3.63) is 65.2 Å². The third-order valence-electron chi connectivity index (χ3n) is 3.00. The van der Waals surface area contributed by atoms with Crippen molar-refractivity contribution in [1.82, 2.24) is 10.6 Å². The summed E-state index contributed by atoms with van der Waals surface area (Å²) in [5.74, 6) is -0.407. The highest BCUT2D eigenvalue weighted by Gasteiger charge is 2.34. The molecule has 0 unspecified atom stereocenters. The zero-order valence-electron chi connectivity index (χ0n) is 12.6. The Balaban J connectivity index is 2.05. The number of benzene rings is 2. The molecule has 0 bridgehead atoms. The standard InChI is InChI=1S/C16H13Cl4N3OS/c17-11-7-4-8-12(9-11)21-15(25)23-14(16(18,19)20)22-13(24)10-5-2-1-3-6-10/h1-9,14H,(H,22,24)(H2,21,23,25)/t14-/m0/s1. The molecule has 132 valence electrons. The second-order valence-electron chi connectivity index (χ2n) is 4.92. The van der Waals surface area contributed by atoms with Crippen LogP contribution in [0.5, 0.6) is 0 Å². The largest absolute Gasteiger partial charge is 0.339 e. The minimum absolute atomic E-state index is 0.159. The highest BCUT2D eigenvalue weighted by Crippen LogP contribution is 2.29. The van der Waals surface area contributed by atoms with Gasteiger partial charge in [-0.3, -0.25) is 4.79 Å². The van der Waals surface area contributed by atoms with Crippen molar-refractivity contribution in [1.29, 1.82) is 0 Å². The van der Waals surface area contributed by atoms with Gasteiger partial charge in [0.25, 0.3) is 5.91 Å². The first-order chi connectivity index (χ1) is 11.8. The maximum absolute atomic E-state index is 12.3. The number of hydrogen-bond acceptors (Lipinski definition) is 2. The number of alkyl halides is 3. The predicted octanol–water partition coefficient (Wildman–Crippen LogP) is 4.75. The summed E-state index contributed by atoms with van der Waals surface area (Å²) in [7, 11) is 0. The molecule has 0 saturated carbocycles. The summed E-state index contributed by atoms with van der Waals surface area (Å²) in [5.41, 5.74) is 1.08. The van der Waals surface area contributed by atoms with Crippen LogP contribution < -0.4 is 16.0 Å². The Hall–Kier alpha value is -1.24. The van der Waals surface area contributed by atoms with E-state index in [9.17, 15) is 4.79 Å². The molecule has 2 aromatic carbocycles. The maximum atomic E-state index is 12.3. The van der Waals surface area contributed by atoms with Crippen LogP contribution in [0, 0.1) is 0 Å². The van der Waals surface area contributed by atoms with Gasteiger partial charge in [0.15, 0.2) is 5.11 Å². The van der Waals surface area contributed by atoms with Gasteiger partial charge in [-0.2, -0.15) is 0 Å². The van der Waals surface area contributed by atoms with Crippen LogP contribution in [0.15, 0.2) is 54.6 Å². The summed E-state index contributed by atoms with van der Waals surface area (Å²) in [6, 6.07) is 15.5. The van der Waals surface area contributed by atoms with Crippen LogP contribution in [0.2, 0.25) is 5.02 Å². The second-order valence-corrected chi connectivity index (χ2v) is 8.14. The van der Waals surface area contributed by atoms with E-state index in [0.717, 1.165) is 0 Å². The van der Waals surface area contributed by atoms with Crippen LogP contribution in [-0.4, -0.2) is 21.0 Å². The fourth-order valence-electron chi connectivity index (χ4n) is 1.87. The topological polar surface area (TPSA) is 53.2 Å². The molecular weight excluding hydrogens is 424 g/mol. The van der Waals surface area contributed by atoms with E-state index in [2.05, 4.69) is 16.0 Å². The van der Waals surface area contributed by atoms with Gasteiger partial charge in [0, 0.05) is 16.3 Å². The average Bonchev–Trinajstić information content (AvgIpc) is 2.54. The molecule has 4 nitrogen and oxygen atoms in total. The molecule has 0 spiro atoms. The number of nitrogens with one attached hydrogen (secondary N) is 3. The van der Waals surface area contributed by atoms with Gasteiger partial charge in [-0.15, -0.1) is 0 Å². The molecule has 2 rings (SSSR count). The van der Waals surface area contributed by atoms with Crippen molar-refractivity contribution in [2.24, 2.45) is 0 Å². The molecule has 0 heterocycles. The van der Waals surface area contributed by atoms with Gasteiger partial charge in [0.05, 0.1) is 0 Å². The van der Waals surface area contributed by atoms with Gasteiger partial charge < -0.3 is 16.0 Å². The van der Waals surface area contributed by atoms with Crippen molar-refractivity contribution < 1.29 is 4.79 Å². The van der Waals surface area contributed by atoms with Crippen molar-refractivity contribution in [2.45, 2.75) is 9.96 Å². The molecule has 0 radical (unpaired) electrons. The molecular formula is C16H13Cl4N3OS. The number of rotatable bonds is 4. The summed E-state index contributed by atoms with van der Waals surface area (Å²) in [4.78, 5) is 12.3. The molecule has 1 amide bonds. The molecule has 0 aliphatic carbocycles. The van der Waals surface area contributed by atoms with E-state index < -0.39 is 15.9 Å². The van der Waals surface area contributed by atoms with Crippen LogP contribution in [0.4, 0.5) is 5.69 Å². The van der Waals surface area contributed by atoms with Crippen molar-refractivity contribution in [2.75, 3.05) is 5.32 Å². The molecule has 9 heteroatoms. The van der Waals surface area contributed by atoms with E-state index in [1.807, 2.05) is 0 Å². The summed E-state index contributed by atoms with van der Waals surface area (Å²) >= 11 is 29.0. The van der Waals surface area contributed by atoms with Crippen LogP contribution in [0.3, 0.4) is 0 Å². The number of carbonyl (C=O) groups is 1. The van der Waals surface area contributed by atoms with Crippen molar-refractivity contribution in [3.63, 3.8) is 0 Å². The highest BCUT2D eigenvalue weighted by molar-refractivity contribution is 7.80. The van der Waals surface area contributed by atoms with Gasteiger partial charge in [0.2, 0.25) is 3.79 Å². The lowest BCUT2D eigenvalue weighted by Gasteiger charge is -2.27. The normalized spacial score (nSPS) is 12.2. The Labute approximate surface area is 170 Å². The third-order valence-corrected chi connectivity index (χ3v) is 4.11. The Morgan fingerprint density at radius 2 is 1.68 bits per heavy atom. The Kier molecular flexibility index (Phi) is 7.16. The van der Waals surface area contributed by atoms with Gasteiger partial charge in [-0.25, -0.2) is 0 Å². The van der Waals surface area contributed by atoms with E-state index in [1.165, 1.54) is 0 Å². The Morgan fingerprint density at radius 1 is 1.00 bits per heavy atom. The lowest BCUT2D eigenvalue weighted by atomic mass is 10.2. The zero-order valence-corrected chi connectivity index (χ0v) is 16.4. The lowest BCUT2D eigenvalue weighted by Crippen LogP contribution is -2.56. The Bertz CT molecular complexity index is 753. The molecule has 0 fully saturated rings. The third kappa shape index (κ3) is 6.53. The fourth-order valence-corrected chi connectivity index (χ4v) is 2.62. The first-order valence-electron chi connectivity index (χ1n) is 7.01. The van der Waals surface area contributed by atoms with E-state index in [1.54, 1.807) is 54.6 Å². The lowest BCUT2D eigenvalue weighted by molar-refractivity contribution is 0.0934. The number of thiocarbonyl (C=S) groups is 1. The molecule has 0 saturated heterocycles. The van der Waals surface area contributed by atoms with Crippen LogP contribution in [0.25, 0.3) is 0 Å². The Morgan fingerprint density at radius 3 is 2.28 bits per heavy atom. The van der Waals surface area contributed by atoms with Gasteiger partial charge >= 0.3 is 0 Å². The molecule has 3 N–H and O–H groups in total. The number of anilines is 1. The minimum atomic E-state index is -1.83. The smallest absolute Gasteiger partial charge is 0.252 e. The first kappa shape index (κ1) is 20.1. The molecule has 0 aliphatic rings. The highest BCUT2D eigenvalue weighted by atomic mass is 35.6. The minimum Gasteiger partial charge on any atom is -0.339 e.